The highest BCUT2D eigenvalue weighted by Crippen LogP contribution is 2.43. The van der Waals surface area contributed by atoms with Crippen LogP contribution >= 0.6 is 7.82 Å². The number of rotatable bonds is 48. The van der Waals surface area contributed by atoms with Crippen molar-refractivity contribution < 1.29 is 47.5 Å². The van der Waals surface area contributed by atoms with Crippen LogP contribution in [0.1, 0.15) is 239 Å². The molecule has 11 nitrogen and oxygen atoms in total. The predicted octanol–water partition coefficient (Wildman–Crippen LogP) is 14.3. The van der Waals surface area contributed by atoms with E-state index in [0.29, 0.717) is 12.8 Å². The van der Waals surface area contributed by atoms with E-state index < -0.39 is 51.1 Å². The van der Waals surface area contributed by atoms with Crippen molar-refractivity contribution in [2.24, 2.45) is 5.73 Å². The summed E-state index contributed by atoms with van der Waals surface area (Å²) < 4.78 is 32.8. The molecule has 0 amide bonds. The van der Waals surface area contributed by atoms with Crippen LogP contribution < -0.4 is 5.73 Å². The molecule has 3 unspecified atom stereocenters. The Morgan fingerprint density at radius 1 is 0.492 bits per heavy atom. The zero-order chi connectivity index (χ0) is 46.3. The Balaban J connectivity index is 4.26. The van der Waals surface area contributed by atoms with Gasteiger partial charge in [0.1, 0.15) is 12.6 Å². The van der Waals surface area contributed by atoms with Gasteiger partial charge in [0.2, 0.25) is 0 Å². The number of unbranched alkanes of at least 4 members (excludes halogenated alkanes) is 28. The molecule has 0 rings (SSSR count). The number of esters is 2. The molecular weight excluding hydrogens is 818 g/mol. The van der Waals surface area contributed by atoms with Gasteiger partial charge in [-0.05, 0) is 70.6 Å². The van der Waals surface area contributed by atoms with Crippen molar-refractivity contribution in [3.8, 4) is 0 Å². The summed E-state index contributed by atoms with van der Waals surface area (Å²) in [6, 6.07) is -1.52. The van der Waals surface area contributed by atoms with E-state index in [0.717, 1.165) is 57.8 Å². The van der Waals surface area contributed by atoms with Crippen molar-refractivity contribution in [2.75, 3.05) is 19.8 Å². The third-order valence-corrected chi connectivity index (χ3v) is 12.1. The number of carboxylic acid groups (broad SMARTS) is 1. The number of carbonyl (C=O) groups excluding carboxylic acids is 2. The van der Waals surface area contributed by atoms with Crippen LogP contribution in [0.15, 0.2) is 36.5 Å². The lowest BCUT2D eigenvalue weighted by atomic mass is 10.1. The number of hydrogen-bond acceptors (Lipinski definition) is 9. The summed E-state index contributed by atoms with van der Waals surface area (Å²) in [7, 11) is -4.72. The Labute approximate surface area is 384 Å². The van der Waals surface area contributed by atoms with Crippen LogP contribution in [-0.4, -0.2) is 59.9 Å². The monoisotopic (exact) mass is 912 g/mol. The molecule has 0 fully saturated rings. The molecule has 0 aromatic heterocycles. The van der Waals surface area contributed by atoms with E-state index >= 15 is 0 Å². The number of hydrogen-bond donors (Lipinski definition) is 3. The summed E-state index contributed by atoms with van der Waals surface area (Å²) in [5.74, 6) is -2.38. The molecule has 0 saturated heterocycles. The number of ether oxygens (including phenoxy) is 2. The van der Waals surface area contributed by atoms with Crippen molar-refractivity contribution in [3.63, 3.8) is 0 Å². The molecule has 0 aliphatic heterocycles. The molecule has 4 N–H and O–H groups in total. The van der Waals surface area contributed by atoms with Gasteiger partial charge in [-0.1, -0.05) is 192 Å². The summed E-state index contributed by atoms with van der Waals surface area (Å²) in [4.78, 5) is 46.2. The van der Waals surface area contributed by atoms with Gasteiger partial charge in [-0.15, -0.1) is 0 Å². The van der Waals surface area contributed by atoms with Crippen molar-refractivity contribution >= 4 is 25.7 Å². The van der Waals surface area contributed by atoms with E-state index in [-0.39, 0.29) is 19.4 Å². The van der Waals surface area contributed by atoms with Crippen molar-refractivity contribution in [1.29, 1.82) is 0 Å². The molecule has 0 heterocycles. The molecule has 12 heteroatoms. The van der Waals surface area contributed by atoms with Crippen LogP contribution in [0, 0.1) is 0 Å². The summed E-state index contributed by atoms with van der Waals surface area (Å²) >= 11 is 0. The fourth-order valence-corrected chi connectivity index (χ4v) is 7.87. The third kappa shape index (κ3) is 46.0. The highest BCUT2D eigenvalue weighted by molar-refractivity contribution is 7.47. The molecule has 0 spiro atoms. The Morgan fingerprint density at radius 3 is 1.25 bits per heavy atom. The minimum Gasteiger partial charge on any atom is -0.480 e. The molecule has 3 atom stereocenters. The first kappa shape index (κ1) is 60.7. The van der Waals surface area contributed by atoms with Crippen LogP contribution in [0.2, 0.25) is 0 Å². The van der Waals surface area contributed by atoms with Crippen LogP contribution in [-0.2, 0) is 37.5 Å². The SMILES string of the molecule is CCCCCCC/C=C\C/C=C\CCCCCCCCCCCC(=O)OC(COC(=O)CCCCCCCCC/C=C\CCCCCCCCC)COP(=O)(O)OCC(N)C(=O)O. The van der Waals surface area contributed by atoms with Crippen molar-refractivity contribution in [3.05, 3.63) is 36.5 Å². The maximum absolute atomic E-state index is 12.7. The number of phosphoric ester groups is 1. The van der Waals surface area contributed by atoms with Gasteiger partial charge in [0.15, 0.2) is 6.10 Å². The van der Waals surface area contributed by atoms with E-state index in [2.05, 4.69) is 54.8 Å². The first-order valence-electron chi connectivity index (χ1n) is 25.5. The van der Waals surface area contributed by atoms with Gasteiger partial charge in [0, 0.05) is 12.8 Å². The molecule has 63 heavy (non-hydrogen) atoms. The minimum atomic E-state index is -4.72. The van der Waals surface area contributed by atoms with Gasteiger partial charge < -0.3 is 25.2 Å². The molecular formula is C51H94NO10P. The maximum atomic E-state index is 12.7. The normalized spacial score (nSPS) is 13.8. The smallest absolute Gasteiger partial charge is 0.472 e. The van der Waals surface area contributed by atoms with Gasteiger partial charge in [-0.2, -0.15) is 0 Å². The van der Waals surface area contributed by atoms with Crippen LogP contribution in [0.25, 0.3) is 0 Å². The lowest BCUT2D eigenvalue weighted by Gasteiger charge is -2.20. The first-order valence-corrected chi connectivity index (χ1v) is 27.0. The molecule has 0 aliphatic rings. The van der Waals surface area contributed by atoms with Crippen molar-refractivity contribution in [1.82, 2.24) is 0 Å². The zero-order valence-electron chi connectivity index (χ0n) is 40.2. The second kappa shape index (κ2) is 46.2. The summed E-state index contributed by atoms with van der Waals surface area (Å²) in [6.45, 7) is 2.82. The minimum absolute atomic E-state index is 0.156. The second-order valence-electron chi connectivity index (χ2n) is 17.3. The largest absolute Gasteiger partial charge is 0.480 e. The second-order valence-corrected chi connectivity index (χ2v) is 18.8. The number of aliphatic carboxylic acids is 1. The number of phosphoric acid groups is 1. The Bertz CT molecular complexity index is 1210. The highest BCUT2D eigenvalue weighted by atomic mass is 31.2. The number of allylic oxidation sites excluding steroid dienone is 6. The van der Waals surface area contributed by atoms with Crippen LogP contribution in [0.5, 0.6) is 0 Å². The molecule has 368 valence electrons. The summed E-state index contributed by atoms with van der Waals surface area (Å²) in [5, 5.41) is 8.92. The molecule has 0 aromatic carbocycles. The lowest BCUT2D eigenvalue weighted by molar-refractivity contribution is -0.161. The Hall–Kier alpha value is -2.30. The van der Waals surface area contributed by atoms with E-state index in [1.165, 1.54) is 141 Å². The van der Waals surface area contributed by atoms with Gasteiger partial charge in [0.25, 0.3) is 0 Å². The van der Waals surface area contributed by atoms with E-state index in [4.69, 9.17) is 24.8 Å². The summed E-state index contributed by atoms with van der Waals surface area (Å²) in [5.41, 5.74) is 5.35. The fraction of sp³-hybridized carbons (Fsp3) is 0.824. The predicted molar refractivity (Wildman–Crippen MR) is 259 cm³/mol. The molecule has 0 aromatic rings. The lowest BCUT2D eigenvalue weighted by Crippen LogP contribution is -2.34. The van der Waals surface area contributed by atoms with Crippen LogP contribution in [0.4, 0.5) is 0 Å². The van der Waals surface area contributed by atoms with E-state index in [1.54, 1.807) is 0 Å². The Morgan fingerprint density at radius 2 is 0.841 bits per heavy atom. The highest BCUT2D eigenvalue weighted by Gasteiger charge is 2.28. The average molecular weight is 912 g/mol. The Kier molecular flexibility index (Phi) is 44.5. The van der Waals surface area contributed by atoms with Gasteiger partial charge in [0.05, 0.1) is 13.2 Å². The molecule has 0 saturated carbocycles. The topological polar surface area (TPSA) is 172 Å². The van der Waals surface area contributed by atoms with Gasteiger partial charge in [-0.25, -0.2) is 4.57 Å². The van der Waals surface area contributed by atoms with Crippen molar-refractivity contribution in [2.45, 2.75) is 251 Å². The summed E-state index contributed by atoms with van der Waals surface area (Å²) in [6.07, 6.45) is 52.0. The third-order valence-electron chi connectivity index (χ3n) is 11.1. The number of carbonyl (C=O) groups is 3. The fourth-order valence-electron chi connectivity index (χ4n) is 7.09. The van der Waals surface area contributed by atoms with Crippen LogP contribution in [0.3, 0.4) is 0 Å². The van der Waals surface area contributed by atoms with Gasteiger partial charge in [-0.3, -0.25) is 23.4 Å². The van der Waals surface area contributed by atoms with E-state index in [1.807, 2.05) is 0 Å². The molecule has 0 aliphatic carbocycles. The number of carboxylic acids is 1. The quantitative estimate of drug-likeness (QED) is 0.0230. The molecule has 0 bridgehead atoms. The maximum Gasteiger partial charge on any atom is 0.472 e. The zero-order valence-corrected chi connectivity index (χ0v) is 41.1. The number of nitrogens with two attached hydrogens (primary N) is 1. The molecule has 0 radical (unpaired) electrons. The van der Waals surface area contributed by atoms with E-state index in [9.17, 15) is 23.8 Å². The average Bonchev–Trinajstić information content (AvgIpc) is 3.26. The van der Waals surface area contributed by atoms with Gasteiger partial charge >= 0.3 is 25.7 Å². The standard InChI is InChI=1S/C51H94NO10P/c1-3-5-7-9-11-13-15-17-19-21-23-24-25-27-29-31-33-35-37-39-41-43-50(54)62-47(45-60-63(57,58)61-46-48(52)51(55)56)44-59-49(53)42-40-38-36-34-32-30-28-26-22-20-18-16-14-12-10-8-6-4-2/h15,17,20-23,47-48H,3-14,16,18-19,24-46,52H2,1-2H3,(H,55,56)(H,57,58)/b17-15-,22-20-,23-21-. The first-order chi connectivity index (χ1) is 30.6.